The number of fused-ring (bicyclic) bond motifs is 1. The van der Waals surface area contributed by atoms with Crippen LogP contribution in [0.15, 0.2) is 23.6 Å². The summed E-state index contributed by atoms with van der Waals surface area (Å²) in [7, 11) is 0. The molecule has 0 radical (unpaired) electrons. The molecular weight excluding hydrogens is 250 g/mol. The number of rotatable bonds is 2. The Morgan fingerprint density at radius 1 is 1.22 bits per heavy atom. The van der Waals surface area contributed by atoms with E-state index in [4.69, 9.17) is 9.47 Å². The van der Waals surface area contributed by atoms with Gasteiger partial charge < -0.3 is 9.47 Å². The van der Waals surface area contributed by atoms with Crippen LogP contribution in [-0.4, -0.2) is 24.5 Å². The van der Waals surface area contributed by atoms with Gasteiger partial charge in [-0.2, -0.15) is 0 Å². The smallest absolute Gasteiger partial charge is 0.169 e. The molecule has 5 heteroatoms. The Bertz CT molecular complexity index is 579. The standard InChI is InChI=1S/C13H11NO3S/c15-7-10-8-18-13(14-10)9-2-3-11-12(6-9)17-5-1-4-16-11/h2-3,6-8H,1,4-5H2. The molecule has 0 N–H and O–H groups in total. The largest absolute Gasteiger partial charge is 0.490 e. The minimum absolute atomic E-state index is 0.460. The molecule has 0 bridgehead atoms. The van der Waals surface area contributed by atoms with Gasteiger partial charge in [0.25, 0.3) is 0 Å². The van der Waals surface area contributed by atoms with Gasteiger partial charge in [-0.15, -0.1) is 11.3 Å². The monoisotopic (exact) mass is 261 g/mol. The lowest BCUT2D eigenvalue weighted by atomic mass is 10.2. The summed E-state index contributed by atoms with van der Waals surface area (Å²) in [6.07, 6.45) is 1.64. The third-order valence-corrected chi connectivity index (χ3v) is 3.55. The summed E-state index contributed by atoms with van der Waals surface area (Å²) < 4.78 is 11.2. The molecule has 2 heterocycles. The number of thiazole rings is 1. The van der Waals surface area contributed by atoms with E-state index >= 15 is 0 Å². The number of aromatic nitrogens is 1. The van der Waals surface area contributed by atoms with Crippen LogP contribution in [0, 0.1) is 0 Å². The fraction of sp³-hybridized carbons (Fsp3) is 0.231. The van der Waals surface area contributed by atoms with Crippen molar-refractivity contribution in [1.82, 2.24) is 4.98 Å². The van der Waals surface area contributed by atoms with Crippen LogP contribution in [0.25, 0.3) is 10.6 Å². The van der Waals surface area contributed by atoms with Gasteiger partial charge in [-0.3, -0.25) is 4.79 Å². The van der Waals surface area contributed by atoms with Gasteiger partial charge in [0.15, 0.2) is 17.8 Å². The first-order chi connectivity index (χ1) is 8.86. The molecule has 1 aliphatic rings. The van der Waals surface area contributed by atoms with E-state index in [-0.39, 0.29) is 0 Å². The lowest BCUT2D eigenvalue weighted by Crippen LogP contribution is -1.97. The van der Waals surface area contributed by atoms with E-state index in [0.29, 0.717) is 18.9 Å². The Labute approximate surface area is 108 Å². The maximum Gasteiger partial charge on any atom is 0.169 e. The highest BCUT2D eigenvalue weighted by Crippen LogP contribution is 2.35. The first kappa shape index (κ1) is 11.2. The molecule has 0 amide bonds. The quantitative estimate of drug-likeness (QED) is 0.780. The fourth-order valence-corrected chi connectivity index (χ4v) is 2.53. The second-order valence-electron chi connectivity index (χ2n) is 3.91. The topological polar surface area (TPSA) is 48.4 Å². The van der Waals surface area contributed by atoms with Crippen molar-refractivity contribution < 1.29 is 14.3 Å². The number of aldehydes is 1. The number of hydrogen-bond donors (Lipinski definition) is 0. The zero-order valence-electron chi connectivity index (χ0n) is 9.59. The Morgan fingerprint density at radius 3 is 2.83 bits per heavy atom. The molecule has 0 fully saturated rings. The molecule has 92 valence electrons. The van der Waals surface area contributed by atoms with Crippen molar-refractivity contribution in [1.29, 1.82) is 0 Å². The van der Waals surface area contributed by atoms with Crippen LogP contribution in [0.4, 0.5) is 0 Å². The van der Waals surface area contributed by atoms with E-state index in [9.17, 15) is 4.79 Å². The Morgan fingerprint density at radius 2 is 2.06 bits per heavy atom. The summed E-state index contributed by atoms with van der Waals surface area (Å²) in [5.74, 6) is 1.51. The minimum atomic E-state index is 0.460. The molecule has 0 spiro atoms. The van der Waals surface area contributed by atoms with Crippen LogP contribution >= 0.6 is 11.3 Å². The number of carbonyl (C=O) groups excluding carboxylic acids is 1. The second-order valence-corrected chi connectivity index (χ2v) is 4.77. The van der Waals surface area contributed by atoms with Crippen LogP contribution in [0.3, 0.4) is 0 Å². The summed E-state index contributed by atoms with van der Waals surface area (Å²) >= 11 is 1.44. The number of carbonyl (C=O) groups is 1. The first-order valence-electron chi connectivity index (χ1n) is 5.67. The Kier molecular flexibility index (Phi) is 2.98. The molecule has 1 aliphatic heterocycles. The molecule has 0 atom stereocenters. The van der Waals surface area contributed by atoms with E-state index in [1.807, 2.05) is 18.2 Å². The highest BCUT2D eigenvalue weighted by atomic mass is 32.1. The maximum atomic E-state index is 10.6. The molecule has 1 aromatic carbocycles. The molecule has 2 aromatic rings. The molecule has 4 nitrogen and oxygen atoms in total. The van der Waals surface area contributed by atoms with E-state index in [1.54, 1.807) is 5.38 Å². The van der Waals surface area contributed by atoms with E-state index in [0.717, 1.165) is 34.8 Å². The number of ether oxygens (including phenoxy) is 2. The van der Waals surface area contributed by atoms with Crippen LogP contribution < -0.4 is 9.47 Å². The first-order valence-corrected chi connectivity index (χ1v) is 6.55. The van der Waals surface area contributed by atoms with Crippen molar-refractivity contribution in [3.8, 4) is 22.1 Å². The van der Waals surface area contributed by atoms with Crippen LogP contribution in [-0.2, 0) is 0 Å². The summed E-state index contributed by atoms with van der Waals surface area (Å²) in [5.41, 5.74) is 1.40. The molecule has 18 heavy (non-hydrogen) atoms. The van der Waals surface area contributed by atoms with Crippen LogP contribution in [0.2, 0.25) is 0 Å². The van der Waals surface area contributed by atoms with E-state index < -0.39 is 0 Å². The fourth-order valence-electron chi connectivity index (χ4n) is 1.77. The van der Waals surface area contributed by atoms with Crippen molar-refractivity contribution in [2.45, 2.75) is 6.42 Å². The molecule has 1 aromatic heterocycles. The van der Waals surface area contributed by atoms with Gasteiger partial charge >= 0.3 is 0 Å². The van der Waals surface area contributed by atoms with Gasteiger partial charge in [0.2, 0.25) is 0 Å². The Balaban J connectivity index is 1.98. The molecule has 0 unspecified atom stereocenters. The highest BCUT2D eigenvalue weighted by molar-refractivity contribution is 7.13. The van der Waals surface area contributed by atoms with Crippen molar-refractivity contribution in [3.63, 3.8) is 0 Å². The van der Waals surface area contributed by atoms with Crippen molar-refractivity contribution in [3.05, 3.63) is 29.3 Å². The lowest BCUT2D eigenvalue weighted by molar-refractivity contribution is 0.111. The highest BCUT2D eigenvalue weighted by Gasteiger charge is 2.12. The Hall–Kier alpha value is -1.88. The van der Waals surface area contributed by atoms with Crippen molar-refractivity contribution >= 4 is 17.6 Å². The number of benzene rings is 1. The predicted octanol–water partition coefficient (Wildman–Crippen LogP) is 2.78. The van der Waals surface area contributed by atoms with Gasteiger partial charge in [-0.05, 0) is 18.2 Å². The van der Waals surface area contributed by atoms with E-state index in [1.165, 1.54) is 11.3 Å². The molecule has 0 saturated heterocycles. The number of hydrogen-bond acceptors (Lipinski definition) is 5. The summed E-state index contributed by atoms with van der Waals surface area (Å²) in [4.78, 5) is 14.9. The van der Waals surface area contributed by atoms with Gasteiger partial charge in [-0.25, -0.2) is 4.98 Å². The third kappa shape index (κ3) is 2.09. The lowest BCUT2D eigenvalue weighted by Gasteiger charge is -2.07. The predicted molar refractivity (Wildman–Crippen MR) is 68.5 cm³/mol. The second kappa shape index (κ2) is 4.78. The molecule has 0 saturated carbocycles. The molecule has 0 aliphatic carbocycles. The van der Waals surface area contributed by atoms with Crippen LogP contribution in [0.1, 0.15) is 16.9 Å². The average Bonchev–Trinajstić information content (AvgIpc) is 2.76. The zero-order valence-corrected chi connectivity index (χ0v) is 10.4. The van der Waals surface area contributed by atoms with Gasteiger partial charge in [0.1, 0.15) is 10.7 Å². The summed E-state index contributed by atoms with van der Waals surface area (Å²) in [6, 6.07) is 5.73. The zero-order chi connectivity index (χ0) is 12.4. The van der Waals surface area contributed by atoms with Gasteiger partial charge in [0.05, 0.1) is 13.2 Å². The minimum Gasteiger partial charge on any atom is -0.490 e. The maximum absolute atomic E-state index is 10.6. The third-order valence-electron chi connectivity index (χ3n) is 2.64. The normalized spacial score (nSPS) is 14.0. The van der Waals surface area contributed by atoms with Crippen LogP contribution in [0.5, 0.6) is 11.5 Å². The van der Waals surface area contributed by atoms with Gasteiger partial charge in [0, 0.05) is 17.4 Å². The van der Waals surface area contributed by atoms with E-state index in [2.05, 4.69) is 4.98 Å². The van der Waals surface area contributed by atoms with Crippen molar-refractivity contribution in [2.75, 3.05) is 13.2 Å². The molecule has 3 rings (SSSR count). The summed E-state index contributed by atoms with van der Waals surface area (Å²) in [6.45, 7) is 1.34. The van der Waals surface area contributed by atoms with Gasteiger partial charge in [-0.1, -0.05) is 0 Å². The number of nitrogens with zero attached hydrogens (tertiary/aromatic N) is 1. The average molecular weight is 261 g/mol. The SMILES string of the molecule is O=Cc1csc(-c2ccc3c(c2)OCCCO3)n1. The summed E-state index contributed by atoms with van der Waals surface area (Å²) in [5, 5.41) is 2.55. The molecular formula is C13H11NO3S. The van der Waals surface area contributed by atoms with Crippen molar-refractivity contribution in [2.24, 2.45) is 0 Å².